The Bertz CT molecular complexity index is 102. The number of hydrogen-bond donors (Lipinski definition) is 0. The predicted octanol–water partition coefficient (Wildman–Crippen LogP) is -5.52. The van der Waals surface area contributed by atoms with Crippen molar-refractivity contribution in [1.82, 2.24) is 0 Å². The van der Waals surface area contributed by atoms with Crippen molar-refractivity contribution in [1.29, 1.82) is 0 Å². The average molecular weight is 189 g/mol. The van der Waals surface area contributed by atoms with Crippen molar-refractivity contribution in [3.05, 3.63) is 36.4 Å². The van der Waals surface area contributed by atoms with Crippen LogP contribution >= 0.6 is 0 Å². The molecule has 0 atom stereocenters. The largest absolute Gasteiger partial charge is 2.00 e. The molecule has 0 aliphatic heterocycles. The molecule has 0 N–H and O–H groups in total. The van der Waals surface area contributed by atoms with Gasteiger partial charge >= 0.3 is 41.9 Å². The van der Waals surface area contributed by atoms with E-state index in [0.29, 0.717) is 0 Å². The second-order valence-corrected chi connectivity index (χ2v) is 1.37. The van der Waals surface area contributed by atoms with Gasteiger partial charge in [-0.3, -0.25) is 0 Å². The zero-order valence-corrected chi connectivity index (χ0v) is 9.76. The van der Waals surface area contributed by atoms with Crippen molar-refractivity contribution in [2.45, 2.75) is 6.92 Å². The molecule has 0 bridgehead atoms. The van der Waals surface area contributed by atoms with Crippen molar-refractivity contribution in [3.8, 4) is 0 Å². The molecular formula is C8H10ClLiMgO. The number of rotatable bonds is 0. The maximum atomic E-state index is 8.93. The van der Waals surface area contributed by atoms with Gasteiger partial charge in [0.05, 0.1) is 0 Å². The first kappa shape index (κ1) is 23.0. The van der Waals surface area contributed by atoms with Gasteiger partial charge in [-0.15, -0.1) is 6.61 Å². The molecule has 0 spiro atoms. The summed E-state index contributed by atoms with van der Waals surface area (Å²) in [6.07, 6.45) is 0. The molecule has 1 aromatic carbocycles. The Morgan fingerprint density at radius 3 is 1.58 bits per heavy atom. The maximum absolute atomic E-state index is 8.93. The van der Waals surface area contributed by atoms with Gasteiger partial charge < -0.3 is 17.5 Å². The number of benzene rings is 1. The summed E-state index contributed by atoms with van der Waals surface area (Å²) in [5.41, 5.74) is 0. The van der Waals surface area contributed by atoms with E-state index in [0.717, 1.165) is 0 Å². The van der Waals surface area contributed by atoms with E-state index < -0.39 is 0 Å². The summed E-state index contributed by atoms with van der Waals surface area (Å²) in [6.45, 7) is 1.57. The first-order chi connectivity index (χ1) is 4.41. The van der Waals surface area contributed by atoms with Crippen molar-refractivity contribution in [2.75, 3.05) is 6.61 Å². The Labute approximate surface area is 109 Å². The van der Waals surface area contributed by atoms with Gasteiger partial charge in [-0.25, -0.2) is 0 Å². The summed E-state index contributed by atoms with van der Waals surface area (Å²) < 4.78 is 0. The molecule has 0 aliphatic carbocycles. The van der Waals surface area contributed by atoms with Crippen LogP contribution in [0.5, 0.6) is 0 Å². The van der Waals surface area contributed by atoms with Gasteiger partial charge in [-0.1, -0.05) is 6.92 Å². The third-order valence-electron chi connectivity index (χ3n) is 0.607. The number of hydrogen-bond acceptors (Lipinski definition) is 1. The second-order valence-electron chi connectivity index (χ2n) is 1.37. The fourth-order valence-corrected chi connectivity index (χ4v) is 0.342. The van der Waals surface area contributed by atoms with Crippen molar-refractivity contribution >= 4 is 23.1 Å². The first-order valence-corrected chi connectivity index (χ1v) is 2.91. The SMILES string of the molecule is CC[O-].[Cl-].[Li+].[Mg+2].[c-]1ccccc1. The summed E-state index contributed by atoms with van der Waals surface area (Å²) in [5.74, 6) is 0. The van der Waals surface area contributed by atoms with Gasteiger partial charge in [0.2, 0.25) is 0 Å². The molecule has 0 unspecified atom stereocenters. The molecule has 12 heavy (non-hydrogen) atoms. The van der Waals surface area contributed by atoms with E-state index in [4.69, 9.17) is 5.11 Å². The Kier molecular flexibility index (Phi) is 43.4. The molecule has 4 heteroatoms. The summed E-state index contributed by atoms with van der Waals surface area (Å²) in [4.78, 5) is 0. The van der Waals surface area contributed by atoms with Crippen LogP contribution in [-0.4, -0.2) is 29.7 Å². The van der Waals surface area contributed by atoms with Gasteiger partial charge in [-0.2, -0.15) is 36.4 Å². The van der Waals surface area contributed by atoms with Crippen LogP contribution < -0.4 is 36.4 Å². The monoisotopic (exact) mass is 188 g/mol. The molecule has 0 aromatic heterocycles. The second kappa shape index (κ2) is 22.6. The molecule has 0 heterocycles. The zero-order valence-electron chi connectivity index (χ0n) is 7.59. The van der Waals surface area contributed by atoms with E-state index in [1.165, 1.54) is 0 Å². The predicted molar refractivity (Wildman–Crippen MR) is 41.6 cm³/mol. The fraction of sp³-hybridized carbons (Fsp3) is 0.250. The van der Waals surface area contributed by atoms with Gasteiger partial charge in [-0.05, 0) is 0 Å². The zero-order chi connectivity index (χ0) is 6.95. The maximum Gasteiger partial charge on any atom is 2.00 e. The minimum Gasteiger partial charge on any atom is -1.00 e. The molecule has 1 rings (SSSR count). The van der Waals surface area contributed by atoms with E-state index in [-0.39, 0.29) is 60.9 Å². The van der Waals surface area contributed by atoms with Crippen LogP contribution in [0.2, 0.25) is 0 Å². The Hall–Kier alpha value is 0.834. The van der Waals surface area contributed by atoms with Crippen LogP contribution in [0.15, 0.2) is 30.3 Å². The average Bonchev–Trinajstić information content (AvgIpc) is 1.93. The van der Waals surface area contributed by atoms with Crippen LogP contribution in [0.3, 0.4) is 0 Å². The molecule has 0 radical (unpaired) electrons. The van der Waals surface area contributed by atoms with Crippen LogP contribution in [-0.2, 0) is 0 Å². The minimum atomic E-state index is 0. The van der Waals surface area contributed by atoms with E-state index in [1.807, 2.05) is 30.3 Å². The Morgan fingerprint density at radius 1 is 1.17 bits per heavy atom. The van der Waals surface area contributed by atoms with Crippen LogP contribution in [0.1, 0.15) is 6.92 Å². The number of halogens is 1. The summed E-state index contributed by atoms with van der Waals surface area (Å²) in [6, 6.07) is 12.5. The molecule has 0 aliphatic rings. The van der Waals surface area contributed by atoms with Crippen molar-refractivity contribution in [3.63, 3.8) is 0 Å². The summed E-state index contributed by atoms with van der Waals surface area (Å²) in [5, 5.41) is 8.93. The van der Waals surface area contributed by atoms with Crippen molar-refractivity contribution < 1.29 is 36.4 Å². The smallest absolute Gasteiger partial charge is 1.00 e. The molecular weight excluding hydrogens is 179 g/mol. The van der Waals surface area contributed by atoms with E-state index in [1.54, 1.807) is 6.92 Å². The van der Waals surface area contributed by atoms with Crippen LogP contribution in [0.4, 0.5) is 0 Å². The molecule has 0 saturated heterocycles. The molecule has 0 saturated carbocycles. The van der Waals surface area contributed by atoms with Crippen LogP contribution in [0.25, 0.3) is 0 Å². The summed E-state index contributed by atoms with van der Waals surface area (Å²) >= 11 is 0. The fourth-order valence-electron chi connectivity index (χ4n) is 0.342. The molecule has 0 fully saturated rings. The third-order valence-corrected chi connectivity index (χ3v) is 0.607. The molecule has 0 amide bonds. The molecule has 58 valence electrons. The van der Waals surface area contributed by atoms with Gasteiger partial charge in [0.15, 0.2) is 0 Å². The van der Waals surface area contributed by atoms with Gasteiger partial charge in [0.1, 0.15) is 0 Å². The van der Waals surface area contributed by atoms with Gasteiger partial charge in [0.25, 0.3) is 0 Å². The Balaban J connectivity index is -0.0000000489. The third kappa shape index (κ3) is 22.4. The minimum absolute atomic E-state index is 0. The quantitative estimate of drug-likeness (QED) is 0.295. The van der Waals surface area contributed by atoms with E-state index in [9.17, 15) is 0 Å². The van der Waals surface area contributed by atoms with Gasteiger partial charge in [0, 0.05) is 0 Å². The topological polar surface area (TPSA) is 23.1 Å². The first-order valence-electron chi connectivity index (χ1n) is 2.91. The van der Waals surface area contributed by atoms with E-state index >= 15 is 0 Å². The normalized spacial score (nSPS) is 5.50. The van der Waals surface area contributed by atoms with Crippen molar-refractivity contribution in [2.24, 2.45) is 0 Å². The Morgan fingerprint density at radius 2 is 1.50 bits per heavy atom. The summed E-state index contributed by atoms with van der Waals surface area (Å²) in [7, 11) is 0. The van der Waals surface area contributed by atoms with Crippen LogP contribution in [0, 0.1) is 6.07 Å². The molecule has 1 nitrogen and oxygen atoms in total. The van der Waals surface area contributed by atoms with E-state index in [2.05, 4.69) is 6.07 Å². The molecule has 1 aromatic rings. The standard InChI is InChI=1S/C6H5.C2H5O.ClH.Li.Mg/c1-2-4-6-5-3-1;1-2-3;;;/h1-5H;2H2,1H3;1H;;/q2*-1;;+1;+2/p-1.